The molecular formula is C17H19N3OSi. The Labute approximate surface area is 130 Å². The minimum Gasteiger partial charge on any atom is -0.306 e. The van der Waals surface area contributed by atoms with Gasteiger partial charge in [0.2, 0.25) is 0 Å². The number of rotatable bonds is 2. The van der Waals surface area contributed by atoms with Gasteiger partial charge >= 0.3 is 0 Å². The largest absolute Gasteiger partial charge is 0.306 e. The molecule has 0 aliphatic heterocycles. The molecule has 2 heterocycles. The topological polar surface area (TPSA) is 58.6 Å². The molecule has 5 heteroatoms. The molecule has 0 fully saturated rings. The van der Waals surface area contributed by atoms with Gasteiger partial charge in [0, 0.05) is 11.3 Å². The van der Waals surface area contributed by atoms with Crippen molar-refractivity contribution >= 4 is 24.3 Å². The quantitative estimate of drug-likeness (QED) is 0.741. The number of hydrogen-bond donors (Lipinski definition) is 1. The van der Waals surface area contributed by atoms with Crippen molar-refractivity contribution in [3.8, 4) is 11.4 Å². The van der Waals surface area contributed by atoms with Crippen molar-refractivity contribution < 1.29 is 0 Å². The van der Waals surface area contributed by atoms with Crippen LogP contribution in [0.3, 0.4) is 0 Å². The van der Waals surface area contributed by atoms with Gasteiger partial charge < -0.3 is 4.98 Å². The second kappa shape index (κ2) is 5.17. The molecule has 0 spiro atoms. The molecule has 0 aliphatic carbocycles. The van der Waals surface area contributed by atoms with E-state index in [0.717, 1.165) is 11.3 Å². The summed E-state index contributed by atoms with van der Waals surface area (Å²) >= 11 is 0. The van der Waals surface area contributed by atoms with Crippen molar-refractivity contribution in [2.75, 3.05) is 0 Å². The molecule has 2 aromatic heterocycles. The zero-order valence-corrected chi connectivity index (χ0v) is 14.3. The van der Waals surface area contributed by atoms with Gasteiger partial charge in [0.1, 0.15) is 5.82 Å². The summed E-state index contributed by atoms with van der Waals surface area (Å²) < 4.78 is 0. The SMILES string of the molecule is Cc1nc2nc(-c3ccccc3)[nH]c(=O)c2cc1[Si](C)(C)C. The molecular weight excluding hydrogens is 290 g/mol. The van der Waals surface area contributed by atoms with E-state index < -0.39 is 8.07 Å². The molecule has 0 saturated carbocycles. The van der Waals surface area contributed by atoms with Crippen LogP contribution in [0.5, 0.6) is 0 Å². The van der Waals surface area contributed by atoms with Crippen LogP contribution in [-0.2, 0) is 0 Å². The lowest BCUT2D eigenvalue weighted by Crippen LogP contribution is -2.40. The van der Waals surface area contributed by atoms with E-state index in [9.17, 15) is 4.79 Å². The highest BCUT2D eigenvalue weighted by atomic mass is 28.3. The van der Waals surface area contributed by atoms with Crippen molar-refractivity contribution in [2.45, 2.75) is 26.6 Å². The monoisotopic (exact) mass is 309 g/mol. The average molecular weight is 309 g/mol. The van der Waals surface area contributed by atoms with Crippen molar-refractivity contribution in [3.63, 3.8) is 0 Å². The predicted octanol–water partition coefficient (Wildman–Crippen LogP) is 2.84. The highest BCUT2D eigenvalue weighted by Gasteiger charge is 2.21. The molecule has 0 bridgehead atoms. The zero-order chi connectivity index (χ0) is 15.9. The highest BCUT2D eigenvalue weighted by Crippen LogP contribution is 2.15. The van der Waals surface area contributed by atoms with E-state index in [-0.39, 0.29) is 5.56 Å². The van der Waals surface area contributed by atoms with Gasteiger partial charge in [-0.2, -0.15) is 0 Å². The van der Waals surface area contributed by atoms with Crippen molar-refractivity contribution in [2.24, 2.45) is 0 Å². The molecule has 112 valence electrons. The van der Waals surface area contributed by atoms with Crippen LogP contribution in [0, 0.1) is 6.92 Å². The first-order valence-electron chi connectivity index (χ1n) is 7.34. The number of aromatic amines is 1. The number of H-pyrrole nitrogens is 1. The first-order chi connectivity index (χ1) is 10.4. The summed E-state index contributed by atoms with van der Waals surface area (Å²) in [5.41, 5.74) is 2.25. The van der Waals surface area contributed by atoms with E-state index in [0.29, 0.717) is 16.9 Å². The minimum atomic E-state index is -1.54. The van der Waals surface area contributed by atoms with E-state index in [1.165, 1.54) is 5.19 Å². The molecule has 3 rings (SSSR count). The molecule has 3 aromatic rings. The van der Waals surface area contributed by atoms with E-state index >= 15 is 0 Å². The highest BCUT2D eigenvalue weighted by molar-refractivity contribution is 6.89. The lowest BCUT2D eigenvalue weighted by Gasteiger charge is -2.19. The number of nitrogens with zero attached hydrogens (tertiary/aromatic N) is 2. The third kappa shape index (κ3) is 2.59. The normalized spacial score (nSPS) is 11.8. The van der Waals surface area contributed by atoms with Crippen LogP contribution < -0.4 is 10.7 Å². The van der Waals surface area contributed by atoms with Gasteiger partial charge in [0.05, 0.1) is 13.5 Å². The Kier molecular flexibility index (Phi) is 3.45. The molecule has 1 aromatic carbocycles. The number of benzene rings is 1. The molecule has 0 unspecified atom stereocenters. The van der Waals surface area contributed by atoms with Gasteiger partial charge in [-0.1, -0.05) is 50.0 Å². The van der Waals surface area contributed by atoms with Gasteiger partial charge in [0.25, 0.3) is 5.56 Å². The number of pyridine rings is 1. The molecule has 4 nitrogen and oxygen atoms in total. The maximum absolute atomic E-state index is 12.4. The molecule has 0 saturated heterocycles. The molecule has 0 aliphatic rings. The van der Waals surface area contributed by atoms with Crippen molar-refractivity contribution in [1.29, 1.82) is 0 Å². The van der Waals surface area contributed by atoms with E-state index in [4.69, 9.17) is 0 Å². The Morgan fingerprint density at radius 2 is 1.73 bits per heavy atom. The Morgan fingerprint density at radius 1 is 1.05 bits per heavy atom. The first-order valence-corrected chi connectivity index (χ1v) is 10.8. The summed E-state index contributed by atoms with van der Waals surface area (Å²) in [5, 5.41) is 1.78. The second-order valence-electron chi connectivity index (χ2n) is 6.52. The summed E-state index contributed by atoms with van der Waals surface area (Å²) in [7, 11) is -1.54. The van der Waals surface area contributed by atoms with Crippen LogP contribution in [0.15, 0.2) is 41.2 Å². The Hall–Kier alpha value is -2.27. The summed E-state index contributed by atoms with van der Waals surface area (Å²) in [4.78, 5) is 24.4. The van der Waals surface area contributed by atoms with E-state index in [1.54, 1.807) is 0 Å². The first kappa shape index (κ1) is 14.7. The molecule has 1 N–H and O–H groups in total. The Bertz CT molecular complexity index is 895. The van der Waals surface area contributed by atoms with Crippen LogP contribution in [0.2, 0.25) is 19.6 Å². The van der Waals surface area contributed by atoms with Gasteiger partial charge in [-0.15, -0.1) is 0 Å². The third-order valence-corrected chi connectivity index (χ3v) is 5.86. The number of nitrogens with one attached hydrogen (secondary N) is 1. The summed E-state index contributed by atoms with van der Waals surface area (Å²) in [5.74, 6) is 0.561. The van der Waals surface area contributed by atoms with Crippen LogP contribution in [0.25, 0.3) is 22.4 Å². The molecule has 22 heavy (non-hydrogen) atoms. The molecule has 0 amide bonds. The van der Waals surface area contributed by atoms with Gasteiger partial charge in [-0.25, -0.2) is 9.97 Å². The number of aromatic nitrogens is 3. The second-order valence-corrected chi connectivity index (χ2v) is 11.6. The van der Waals surface area contributed by atoms with E-state index in [1.807, 2.05) is 43.3 Å². The lowest BCUT2D eigenvalue weighted by atomic mass is 10.2. The summed E-state index contributed by atoms with van der Waals surface area (Å²) in [6.45, 7) is 8.76. The third-order valence-electron chi connectivity index (χ3n) is 3.74. The van der Waals surface area contributed by atoms with Crippen LogP contribution in [-0.4, -0.2) is 23.0 Å². The molecule has 0 atom stereocenters. The van der Waals surface area contributed by atoms with Gasteiger partial charge in [0.15, 0.2) is 5.65 Å². The fourth-order valence-corrected chi connectivity index (χ4v) is 4.36. The van der Waals surface area contributed by atoms with Crippen molar-refractivity contribution in [1.82, 2.24) is 15.0 Å². The number of fused-ring (bicyclic) bond motifs is 1. The van der Waals surface area contributed by atoms with Crippen LogP contribution in [0.4, 0.5) is 0 Å². The average Bonchev–Trinajstić information content (AvgIpc) is 2.46. The smallest absolute Gasteiger partial charge is 0.260 e. The lowest BCUT2D eigenvalue weighted by molar-refractivity contribution is 1.13. The maximum atomic E-state index is 12.4. The number of aryl methyl sites for hydroxylation is 1. The van der Waals surface area contributed by atoms with E-state index in [2.05, 4.69) is 34.6 Å². The number of hydrogen-bond acceptors (Lipinski definition) is 3. The standard InChI is InChI=1S/C17H19N3OSi/c1-11-14(22(2,3)4)10-13-16(18-11)19-15(20-17(13)21)12-8-6-5-7-9-12/h5-10H,1-4H3,(H,18,19,20,21). The fraction of sp³-hybridized carbons (Fsp3) is 0.235. The van der Waals surface area contributed by atoms with Crippen molar-refractivity contribution in [3.05, 3.63) is 52.4 Å². The fourth-order valence-electron chi connectivity index (χ4n) is 2.65. The molecule has 0 radical (unpaired) electrons. The predicted molar refractivity (Wildman–Crippen MR) is 93.3 cm³/mol. The Balaban J connectivity index is 2.27. The minimum absolute atomic E-state index is 0.129. The summed E-state index contributed by atoms with van der Waals surface area (Å²) in [6.07, 6.45) is 0. The van der Waals surface area contributed by atoms with Gasteiger partial charge in [-0.3, -0.25) is 4.79 Å². The van der Waals surface area contributed by atoms with Gasteiger partial charge in [-0.05, 0) is 18.2 Å². The van der Waals surface area contributed by atoms with Crippen LogP contribution in [0.1, 0.15) is 5.69 Å². The van der Waals surface area contributed by atoms with Crippen LogP contribution >= 0.6 is 0 Å². The Morgan fingerprint density at radius 3 is 2.36 bits per heavy atom. The summed E-state index contributed by atoms with van der Waals surface area (Å²) in [6, 6.07) is 11.6. The zero-order valence-electron chi connectivity index (χ0n) is 13.3. The maximum Gasteiger partial charge on any atom is 0.260 e.